The van der Waals surface area contributed by atoms with Gasteiger partial charge in [-0.05, 0) is 43.2 Å². The molecule has 5 rings (SSSR count). The molecule has 2 aromatic carbocycles. The van der Waals surface area contributed by atoms with Crippen LogP contribution in [0.5, 0.6) is 0 Å². The molecule has 0 spiro atoms. The molecule has 0 atom stereocenters. The lowest BCUT2D eigenvalue weighted by Gasteiger charge is -2.32. The third kappa shape index (κ3) is 3.40. The first kappa shape index (κ1) is 18.2. The predicted octanol–water partition coefficient (Wildman–Crippen LogP) is 5.75. The Kier molecular flexibility index (Phi) is 4.54. The van der Waals surface area contributed by atoms with E-state index in [1.807, 2.05) is 23.1 Å². The summed E-state index contributed by atoms with van der Waals surface area (Å²) in [7, 11) is 0. The second kappa shape index (κ2) is 7.22. The van der Waals surface area contributed by atoms with Gasteiger partial charge in [-0.15, -0.1) is 0 Å². The van der Waals surface area contributed by atoms with Crippen LogP contribution in [0.2, 0.25) is 5.02 Å². The number of hydrogen-bond donors (Lipinski definition) is 0. The molecule has 1 fully saturated rings. The summed E-state index contributed by atoms with van der Waals surface area (Å²) in [5.41, 5.74) is 2.00. The molecule has 0 aliphatic carbocycles. The van der Waals surface area contributed by atoms with Crippen LogP contribution in [0.25, 0.3) is 22.0 Å². The average Bonchev–Trinajstić information content (AvgIpc) is 3.16. The molecule has 0 unspecified atom stereocenters. The van der Waals surface area contributed by atoms with Gasteiger partial charge in [-0.2, -0.15) is 0 Å². The molecule has 0 N–H and O–H groups in total. The zero-order valence-electron chi connectivity index (χ0n) is 15.4. The molecular weight excluding hydrogens is 398 g/mol. The van der Waals surface area contributed by atoms with Crippen molar-refractivity contribution < 1.29 is 13.2 Å². The van der Waals surface area contributed by atoms with Crippen LogP contribution in [0.15, 0.2) is 46.9 Å². The Morgan fingerprint density at radius 3 is 2.59 bits per heavy atom. The molecule has 1 aliphatic heterocycles. The summed E-state index contributed by atoms with van der Waals surface area (Å²) in [4.78, 5) is 14.8. The van der Waals surface area contributed by atoms with Gasteiger partial charge in [-0.1, -0.05) is 23.7 Å². The van der Waals surface area contributed by atoms with Gasteiger partial charge >= 0.3 is 0 Å². The molecule has 0 bridgehead atoms. The van der Waals surface area contributed by atoms with Gasteiger partial charge in [0, 0.05) is 29.4 Å². The van der Waals surface area contributed by atoms with Gasteiger partial charge in [0.05, 0.1) is 5.52 Å². The van der Waals surface area contributed by atoms with E-state index < -0.39 is 12.2 Å². The fraction of sp³-hybridized carbons (Fsp3) is 0.286. The fourth-order valence-corrected chi connectivity index (χ4v) is 4.01. The minimum absolute atomic E-state index is 0.167. The average molecular weight is 415 g/mol. The van der Waals surface area contributed by atoms with Crippen molar-refractivity contribution in [2.24, 2.45) is 0 Å². The number of piperidine rings is 1. The topological polar surface area (TPSA) is 55.1 Å². The standard InChI is InChI=1S/C21H17ClF2N4O/c22-13-5-6-17-16(11-13)26-21(29-17)12-7-9-28(10-8-12)20-14-3-1-2-4-15(14)25-19(27-20)18(23)24/h1-6,11-12,18H,7-10H2. The third-order valence-corrected chi connectivity index (χ3v) is 5.54. The highest BCUT2D eigenvalue weighted by atomic mass is 35.5. The first-order valence-corrected chi connectivity index (χ1v) is 9.82. The van der Waals surface area contributed by atoms with Gasteiger partial charge < -0.3 is 9.32 Å². The Hall–Kier alpha value is -2.80. The maximum absolute atomic E-state index is 13.3. The number of hydrogen-bond acceptors (Lipinski definition) is 5. The Morgan fingerprint density at radius 2 is 1.79 bits per heavy atom. The monoisotopic (exact) mass is 414 g/mol. The maximum atomic E-state index is 13.3. The number of alkyl halides is 2. The van der Waals surface area contributed by atoms with E-state index in [0.717, 1.165) is 29.3 Å². The molecule has 3 heterocycles. The van der Waals surface area contributed by atoms with Crippen LogP contribution < -0.4 is 4.90 Å². The number of aromatic nitrogens is 3. The van der Waals surface area contributed by atoms with Crippen LogP contribution in [0.3, 0.4) is 0 Å². The molecule has 2 aromatic heterocycles. The molecule has 29 heavy (non-hydrogen) atoms. The molecule has 0 saturated carbocycles. The van der Waals surface area contributed by atoms with Crippen molar-refractivity contribution in [3.63, 3.8) is 0 Å². The van der Waals surface area contributed by atoms with E-state index in [1.165, 1.54) is 0 Å². The van der Waals surface area contributed by atoms with Gasteiger partial charge in [0.1, 0.15) is 11.3 Å². The van der Waals surface area contributed by atoms with Crippen molar-refractivity contribution in [2.45, 2.75) is 25.2 Å². The van der Waals surface area contributed by atoms with E-state index in [4.69, 9.17) is 16.0 Å². The second-order valence-corrected chi connectivity index (χ2v) is 7.59. The van der Waals surface area contributed by atoms with E-state index in [2.05, 4.69) is 15.0 Å². The van der Waals surface area contributed by atoms with E-state index in [9.17, 15) is 8.78 Å². The number of nitrogens with zero attached hydrogens (tertiary/aromatic N) is 4. The Bertz CT molecular complexity index is 1190. The fourth-order valence-electron chi connectivity index (χ4n) is 3.85. The van der Waals surface area contributed by atoms with Crippen molar-refractivity contribution >= 4 is 39.4 Å². The summed E-state index contributed by atoms with van der Waals surface area (Å²) in [5.74, 6) is 0.994. The Balaban J connectivity index is 1.41. The van der Waals surface area contributed by atoms with E-state index in [1.54, 1.807) is 24.3 Å². The van der Waals surface area contributed by atoms with Crippen LogP contribution >= 0.6 is 11.6 Å². The van der Waals surface area contributed by atoms with Gasteiger partial charge in [0.25, 0.3) is 6.43 Å². The number of oxazole rings is 1. The number of fused-ring (bicyclic) bond motifs is 2. The largest absolute Gasteiger partial charge is 0.440 e. The minimum Gasteiger partial charge on any atom is -0.440 e. The molecule has 4 aromatic rings. The van der Waals surface area contributed by atoms with E-state index >= 15 is 0 Å². The van der Waals surface area contributed by atoms with Crippen molar-refractivity contribution in [1.82, 2.24) is 15.0 Å². The molecule has 5 nitrogen and oxygen atoms in total. The molecule has 0 amide bonds. The predicted molar refractivity (Wildman–Crippen MR) is 108 cm³/mol. The highest BCUT2D eigenvalue weighted by molar-refractivity contribution is 6.31. The Labute approximate surface area is 170 Å². The zero-order valence-corrected chi connectivity index (χ0v) is 16.1. The molecule has 148 valence electrons. The molecule has 0 radical (unpaired) electrons. The zero-order chi connectivity index (χ0) is 20.0. The van der Waals surface area contributed by atoms with Gasteiger partial charge in [-0.3, -0.25) is 0 Å². The second-order valence-electron chi connectivity index (χ2n) is 7.15. The maximum Gasteiger partial charge on any atom is 0.297 e. The van der Waals surface area contributed by atoms with Crippen LogP contribution in [0, 0.1) is 0 Å². The number of halogens is 3. The van der Waals surface area contributed by atoms with Crippen LogP contribution in [-0.2, 0) is 0 Å². The first-order chi connectivity index (χ1) is 14.1. The van der Waals surface area contributed by atoms with Crippen LogP contribution in [0.1, 0.15) is 36.9 Å². The quantitative estimate of drug-likeness (QED) is 0.427. The lowest BCUT2D eigenvalue weighted by Crippen LogP contribution is -2.34. The highest BCUT2D eigenvalue weighted by Gasteiger charge is 2.27. The number of rotatable bonds is 3. The normalized spacial score (nSPS) is 15.7. The summed E-state index contributed by atoms with van der Waals surface area (Å²) in [6.45, 7) is 1.35. The van der Waals surface area contributed by atoms with Crippen molar-refractivity contribution in [3.05, 3.63) is 59.2 Å². The number of anilines is 1. The van der Waals surface area contributed by atoms with E-state index in [-0.39, 0.29) is 5.92 Å². The lowest BCUT2D eigenvalue weighted by molar-refractivity contribution is 0.141. The molecule has 8 heteroatoms. The van der Waals surface area contributed by atoms with Crippen molar-refractivity contribution in [2.75, 3.05) is 18.0 Å². The van der Waals surface area contributed by atoms with Gasteiger partial charge in [0.2, 0.25) is 0 Å². The molecule has 1 aliphatic rings. The molecular formula is C21H17ClF2N4O. The minimum atomic E-state index is -2.71. The van der Waals surface area contributed by atoms with Crippen molar-refractivity contribution in [1.29, 1.82) is 0 Å². The van der Waals surface area contributed by atoms with Gasteiger partial charge in [-0.25, -0.2) is 23.7 Å². The summed E-state index contributed by atoms with van der Waals surface area (Å²) in [6, 6.07) is 12.7. The SMILES string of the molecule is FC(F)c1nc(N2CCC(c3nc4cc(Cl)ccc4o3)CC2)c2ccccc2n1. The summed E-state index contributed by atoms with van der Waals surface area (Å²) in [5, 5.41) is 1.41. The summed E-state index contributed by atoms with van der Waals surface area (Å²) >= 11 is 6.03. The first-order valence-electron chi connectivity index (χ1n) is 9.44. The Morgan fingerprint density at radius 1 is 1.00 bits per heavy atom. The highest BCUT2D eigenvalue weighted by Crippen LogP contribution is 2.34. The number of benzene rings is 2. The van der Waals surface area contributed by atoms with Gasteiger partial charge in [0.15, 0.2) is 17.3 Å². The van der Waals surface area contributed by atoms with Crippen LogP contribution in [-0.4, -0.2) is 28.0 Å². The molecule has 1 saturated heterocycles. The smallest absolute Gasteiger partial charge is 0.297 e. The third-order valence-electron chi connectivity index (χ3n) is 5.31. The van der Waals surface area contributed by atoms with Crippen molar-refractivity contribution in [3.8, 4) is 0 Å². The lowest BCUT2D eigenvalue weighted by atomic mass is 9.96. The van der Waals surface area contributed by atoms with Crippen LogP contribution in [0.4, 0.5) is 14.6 Å². The number of para-hydroxylation sites is 1. The van der Waals surface area contributed by atoms with E-state index in [0.29, 0.717) is 35.3 Å². The summed E-state index contributed by atoms with van der Waals surface area (Å²) < 4.78 is 32.5. The summed E-state index contributed by atoms with van der Waals surface area (Å²) in [6.07, 6.45) is -1.12.